The van der Waals surface area contributed by atoms with E-state index in [0.29, 0.717) is 18.6 Å². The van der Waals surface area contributed by atoms with Crippen LogP contribution in [0.2, 0.25) is 0 Å². The highest BCUT2D eigenvalue weighted by molar-refractivity contribution is 5.63. The third-order valence-electron chi connectivity index (χ3n) is 4.70. The number of nitrogens with one attached hydrogen (secondary N) is 1. The lowest BCUT2D eigenvalue weighted by molar-refractivity contribution is 0.173. The summed E-state index contributed by atoms with van der Waals surface area (Å²) >= 11 is 0. The van der Waals surface area contributed by atoms with Gasteiger partial charge < -0.3 is 14.8 Å². The van der Waals surface area contributed by atoms with E-state index < -0.39 is 0 Å². The molecule has 2 aliphatic carbocycles. The molecule has 0 spiro atoms. The van der Waals surface area contributed by atoms with Crippen molar-refractivity contribution in [1.29, 1.82) is 0 Å². The van der Waals surface area contributed by atoms with Gasteiger partial charge in [-0.3, -0.25) is 0 Å². The summed E-state index contributed by atoms with van der Waals surface area (Å²) in [6.45, 7) is 1.21. The van der Waals surface area contributed by atoms with Gasteiger partial charge in [0.15, 0.2) is 11.5 Å². The van der Waals surface area contributed by atoms with E-state index in [2.05, 4.69) is 41.8 Å². The van der Waals surface area contributed by atoms with Crippen molar-refractivity contribution < 1.29 is 9.47 Å². The van der Waals surface area contributed by atoms with Gasteiger partial charge in [-0.25, -0.2) is 0 Å². The quantitative estimate of drug-likeness (QED) is 0.763. The molecule has 100 valence electrons. The van der Waals surface area contributed by atoms with E-state index in [9.17, 15) is 0 Å². The minimum Gasteiger partial charge on any atom is -0.454 e. The standard InChI is InChI=1S/C17H15NO2/c1-2-4-11-10(3-1)7-14-16-12(5-6-18-14)17-15(8-13(11)16)19-9-20-17/h1-5,8,10-11,18H,6-7,9H2/t10-,11+/m0/s1. The van der Waals surface area contributed by atoms with Crippen molar-refractivity contribution in [3.8, 4) is 11.5 Å². The molecular formula is C17H15NO2. The molecule has 0 amide bonds. The van der Waals surface area contributed by atoms with Crippen LogP contribution in [-0.2, 0) is 0 Å². The van der Waals surface area contributed by atoms with E-state index >= 15 is 0 Å². The summed E-state index contributed by atoms with van der Waals surface area (Å²) in [4.78, 5) is 0. The fourth-order valence-corrected chi connectivity index (χ4v) is 3.84. The van der Waals surface area contributed by atoms with Crippen LogP contribution < -0.4 is 25.2 Å². The molecule has 2 aliphatic heterocycles. The molecule has 3 heteroatoms. The van der Waals surface area contributed by atoms with Crippen LogP contribution in [0, 0.1) is 5.92 Å². The first-order chi connectivity index (χ1) is 9.92. The summed E-state index contributed by atoms with van der Waals surface area (Å²) in [6, 6.07) is 2.18. The van der Waals surface area contributed by atoms with Gasteiger partial charge in [-0.15, -0.1) is 0 Å². The summed E-state index contributed by atoms with van der Waals surface area (Å²) < 4.78 is 11.3. The second-order valence-electron chi connectivity index (χ2n) is 5.72. The lowest BCUT2D eigenvalue weighted by Gasteiger charge is -2.33. The molecule has 2 atom stereocenters. The van der Waals surface area contributed by atoms with E-state index in [4.69, 9.17) is 9.47 Å². The number of hydrogen-bond donors (Lipinski definition) is 1. The molecule has 20 heavy (non-hydrogen) atoms. The molecule has 0 aromatic heterocycles. The lowest BCUT2D eigenvalue weighted by atomic mass is 9.75. The highest BCUT2D eigenvalue weighted by Crippen LogP contribution is 2.39. The summed E-state index contributed by atoms with van der Waals surface area (Å²) in [6.07, 6.45) is 12.3. The van der Waals surface area contributed by atoms with Crippen molar-refractivity contribution in [3.05, 3.63) is 46.4 Å². The average molecular weight is 265 g/mol. The van der Waals surface area contributed by atoms with Crippen molar-refractivity contribution in [2.45, 2.75) is 12.3 Å². The molecule has 0 unspecified atom stereocenters. The van der Waals surface area contributed by atoms with Crippen LogP contribution in [0.15, 0.2) is 30.4 Å². The largest absolute Gasteiger partial charge is 0.454 e. The molecule has 1 aromatic rings. The Hall–Kier alpha value is -2.16. The van der Waals surface area contributed by atoms with E-state index in [1.807, 2.05) is 0 Å². The highest BCUT2D eigenvalue weighted by Gasteiger charge is 2.32. The van der Waals surface area contributed by atoms with Gasteiger partial charge in [0.25, 0.3) is 0 Å². The molecular weight excluding hydrogens is 250 g/mol. The van der Waals surface area contributed by atoms with Crippen molar-refractivity contribution in [2.24, 2.45) is 5.92 Å². The first kappa shape index (κ1) is 10.6. The number of allylic oxidation sites excluding steroid dienone is 4. The molecule has 1 N–H and O–H groups in total. The summed E-state index contributed by atoms with van der Waals surface area (Å²) in [7, 11) is 0. The molecule has 0 fully saturated rings. The molecule has 0 saturated carbocycles. The fraction of sp³-hybridized carbons (Fsp3) is 0.294. The van der Waals surface area contributed by atoms with Gasteiger partial charge in [-0.1, -0.05) is 30.4 Å². The number of rotatable bonds is 0. The molecule has 1 aromatic carbocycles. The van der Waals surface area contributed by atoms with Gasteiger partial charge in [0.05, 0.1) is 0 Å². The molecule has 0 saturated heterocycles. The van der Waals surface area contributed by atoms with Gasteiger partial charge in [0.2, 0.25) is 6.79 Å². The minimum atomic E-state index is 0.339. The van der Waals surface area contributed by atoms with Crippen LogP contribution in [-0.4, -0.2) is 13.3 Å². The number of hydrogen-bond acceptors (Lipinski definition) is 3. The third kappa shape index (κ3) is 1.25. The van der Waals surface area contributed by atoms with Gasteiger partial charge in [0.1, 0.15) is 0 Å². The lowest BCUT2D eigenvalue weighted by Crippen LogP contribution is -2.45. The van der Waals surface area contributed by atoms with Crippen LogP contribution in [0.5, 0.6) is 11.5 Å². The van der Waals surface area contributed by atoms with E-state index in [0.717, 1.165) is 24.5 Å². The Bertz CT molecular complexity index is 788. The molecule has 5 rings (SSSR count). The molecule has 4 aliphatic rings. The summed E-state index contributed by atoms with van der Waals surface area (Å²) in [5.74, 6) is 2.85. The van der Waals surface area contributed by atoms with E-state index in [-0.39, 0.29) is 0 Å². The predicted molar refractivity (Wildman–Crippen MR) is 76.8 cm³/mol. The smallest absolute Gasteiger partial charge is 0.231 e. The molecule has 0 radical (unpaired) electrons. The van der Waals surface area contributed by atoms with Crippen LogP contribution in [0.1, 0.15) is 17.9 Å². The van der Waals surface area contributed by atoms with Crippen LogP contribution in [0.25, 0.3) is 11.8 Å². The Kier molecular flexibility index (Phi) is 1.96. The van der Waals surface area contributed by atoms with E-state index in [1.54, 1.807) is 0 Å². The SMILES string of the molecule is C1=C[C@H]2CC3=c4c(cc5c(c4=CCN3)OCO5)[C@@H]2C=C1. The Morgan fingerprint density at radius 2 is 2.10 bits per heavy atom. The van der Waals surface area contributed by atoms with Gasteiger partial charge in [-0.2, -0.15) is 0 Å². The third-order valence-corrected chi connectivity index (χ3v) is 4.70. The summed E-state index contributed by atoms with van der Waals surface area (Å²) in [5, 5.41) is 6.12. The van der Waals surface area contributed by atoms with E-state index in [1.165, 1.54) is 21.7 Å². The highest BCUT2D eigenvalue weighted by atomic mass is 16.7. The fourth-order valence-electron chi connectivity index (χ4n) is 3.84. The topological polar surface area (TPSA) is 30.5 Å². The monoisotopic (exact) mass is 265 g/mol. The second-order valence-corrected chi connectivity index (χ2v) is 5.72. The maximum Gasteiger partial charge on any atom is 0.231 e. The van der Waals surface area contributed by atoms with Crippen LogP contribution >= 0.6 is 0 Å². The first-order valence-corrected chi connectivity index (χ1v) is 7.16. The number of fused-ring (bicyclic) bond motifs is 4. The number of benzene rings is 1. The zero-order chi connectivity index (χ0) is 13.1. The van der Waals surface area contributed by atoms with Crippen molar-refractivity contribution in [3.63, 3.8) is 0 Å². The predicted octanol–water partition coefficient (Wildman–Crippen LogP) is 1.14. The Labute approximate surface area is 116 Å². The maximum atomic E-state index is 5.68. The Morgan fingerprint density at radius 3 is 3.10 bits per heavy atom. The zero-order valence-electron chi connectivity index (χ0n) is 11.1. The zero-order valence-corrected chi connectivity index (χ0v) is 11.1. The average Bonchev–Trinajstić information content (AvgIpc) is 2.96. The second kappa shape index (κ2) is 3.69. The Morgan fingerprint density at radius 1 is 1.15 bits per heavy atom. The van der Waals surface area contributed by atoms with Crippen molar-refractivity contribution >= 4 is 11.8 Å². The first-order valence-electron chi connectivity index (χ1n) is 7.16. The van der Waals surface area contributed by atoms with Gasteiger partial charge in [-0.05, 0) is 24.0 Å². The van der Waals surface area contributed by atoms with Gasteiger partial charge >= 0.3 is 0 Å². The molecule has 2 heterocycles. The normalized spacial score (nSPS) is 27.5. The van der Waals surface area contributed by atoms with Crippen molar-refractivity contribution in [2.75, 3.05) is 13.3 Å². The van der Waals surface area contributed by atoms with Crippen molar-refractivity contribution in [1.82, 2.24) is 5.32 Å². The maximum absolute atomic E-state index is 5.68. The molecule has 3 nitrogen and oxygen atoms in total. The van der Waals surface area contributed by atoms with Crippen LogP contribution in [0.4, 0.5) is 0 Å². The minimum absolute atomic E-state index is 0.339. The molecule has 0 bridgehead atoms. The summed E-state index contributed by atoms with van der Waals surface area (Å²) in [5.41, 5.74) is 2.73. The van der Waals surface area contributed by atoms with Gasteiger partial charge in [0, 0.05) is 28.6 Å². The number of ether oxygens (including phenoxy) is 2. The Balaban J connectivity index is 1.90. The van der Waals surface area contributed by atoms with Crippen LogP contribution in [0.3, 0.4) is 0 Å².